The van der Waals surface area contributed by atoms with Crippen molar-refractivity contribution in [1.82, 2.24) is 5.32 Å². The Kier molecular flexibility index (Phi) is 2.26. The molecule has 5 atom stereocenters. The van der Waals surface area contributed by atoms with Crippen LogP contribution in [0.2, 0.25) is 0 Å². The molecule has 3 aliphatic rings. The van der Waals surface area contributed by atoms with E-state index in [4.69, 9.17) is 14.2 Å². The second-order valence-corrected chi connectivity index (χ2v) is 6.60. The summed E-state index contributed by atoms with van der Waals surface area (Å²) in [6, 6.07) is 0.486. The minimum atomic E-state index is -0.478. The molecule has 1 unspecified atom stereocenters. The van der Waals surface area contributed by atoms with Gasteiger partial charge in [0.05, 0.1) is 11.2 Å². The van der Waals surface area contributed by atoms with Gasteiger partial charge in [-0.3, -0.25) is 0 Å². The number of fused-ring (bicyclic) bond motifs is 5. The molecule has 0 radical (unpaired) electrons. The van der Waals surface area contributed by atoms with E-state index in [0.717, 1.165) is 12.8 Å². The van der Waals surface area contributed by atoms with Gasteiger partial charge in [0.15, 0.2) is 5.79 Å². The first-order valence-corrected chi connectivity index (χ1v) is 6.51. The zero-order chi connectivity index (χ0) is 12.5. The van der Waals surface area contributed by atoms with Crippen LogP contribution in [0.3, 0.4) is 0 Å². The Hall–Kier alpha value is -0.160. The van der Waals surface area contributed by atoms with Gasteiger partial charge in [0, 0.05) is 6.04 Å². The molecule has 4 nitrogen and oxygen atoms in total. The van der Waals surface area contributed by atoms with Crippen molar-refractivity contribution in [3.63, 3.8) is 0 Å². The fraction of sp³-hybridized carbons (Fsp3) is 1.00. The van der Waals surface area contributed by atoms with Gasteiger partial charge in [-0.1, -0.05) is 0 Å². The Morgan fingerprint density at radius 1 is 0.941 bits per heavy atom. The summed E-state index contributed by atoms with van der Waals surface area (Å²) < 4.78 is 18.4. The molecule has 3 heterocycles. The van der Waals surface area contributed by atoms with E-state index in [1.807, 2.05) is 20.9 Å². The zero-order valence-corrected chi connectivity index (χ0v) is 11.4. The van der Waals surface area contributed by atoms with Crippen molar-refractivity contribution in [2.24, 2.45) is 0 Å². The van der Waals surface area contributed by atoms with Gasteiger partial charge in [0.2, 0.25) is 0 Å². The van der Waals surface area contributed by atoms with E-state index in [0.29, 0.717) is 6.04 Å². The molecule has 0 aliphatic carbocycles. The van der Waals surface area contributed by atoms with E-state index >= 15 is 0 Å². The Bertz CT molecular complexity index is 318. The Morgan fingerprint density at radius 3 is 1.82 bits per heavy atom. The van der Waals surface area contributed by atoms with Crippen LogP contribution in [0.1, 0.15) is 40.5 Å². The van der Waals surface area contributed by atoms with E-state index in [-0.39, 0.29) is 23.4 Å². The largest absolute Gasteiger partial charge is 0.363 e. The van der Waals surface area contributed by atoms with Crippen molar-refractivity contribution in [1.29, 1.82) is 0 Å². The smallest absolute Gasteiger partial charge is 0.164 e. The van der Waals surface area contributed by atoms with Crippen molar-refractivity contribution >= 4 is 0 Å². The summed E-state index contributed by atoms with van der Waals surface area (Å²) in [4.78, 5) is 0. The number of nitrogens with one attached hydrogen (secondary N) is 1. The lowest BCUT2D eigenvalue weighted by molar-refractivity contribution is -0.242. The molecule has 3 saturated heterocycles. The molecule has 4 heteroatoms. The molecule has 0 amide bonds. The van der Waals surface area contributed by atoms with Gasteiger partial charge in [0.1, 0.15) is 12.2 Å². The summed E-state index contributed by atoms with van der Waals surface area (Å²) in [5.74, 6) is -0.478. The summed E-state index contributed by atoms with van der Waals surface area (Å²) in [6.07, 6.45) is 2.08. The van der Waals surface area contributed by atoms with E-state index in [1.54, 1.807) is 0 Å². The number of hydrogen-bond donors (Lipinski definition) is 1. The van der Waals surface area contributed by atoms with Crippen molar-refractivity contribution in [2.75, 3.05) is 7.05 Å². The molecule has 98 valence electrons. The van der Waals surface area contributed by atoms with Crippen LogP contribution in [-0.4, -0.2) is 42.3 Å². The quantitative estimate of drug-likeness (QED) is 0.754. The Morgan fingerprint density at radius 2 is 1.41 bits per heavy atom. The molecule has 3 rings (SSSR count). The molecule has 2 bridgehead atoms. The van der Waals surface area contributed by atoms with Gasteiger partial charge in [-0.15, -0.1) is 0 Å². The van der Waals surface area contributed by atoms with Crippen LogP contribution >= 0.6 is 0 Å². The van der Waals surface area contributed by atoms with Crippen LogP contribution in [0.4, 0.5) is 0 Å². The summed E-state index contributed by atoms with van der Waals surface area (Å²) in [7, 11) is 2.02. The highest BCUT2D eigenvalue weighted by atomic mass is 16.8. The fourth-order valence-electron chi connectivity index (χ4n) is 3.87. The number of rotatable bonds is 1. The van der Waals surface area contributed by atoms with Gasteiger partial charge in [-0.05, 0) is 47.6 Å². The second kappa shape index (κ2) is 3.23. The molecule has 0 spiro atoms. The van der Waals surface area contributed by atoms with Gasteiger partial charge in [0.25, 0.3) is 0 Å². The molecule has 1 N–H and O–H groups in total. The summed E-state index contributed by atoms with van der Waals surface area (Å²) >= 11 is 0. The third kappa shape index (κ3) is 1.58. The first-order valence-electron chi connectivity index (χ1n) is 6.51. The first kappa shape index (κ1) is 11.9. The lowest BCUT2D eigenvalue weighted by Crippen LogP contribution is -2.52. The third-order valence-electron chi connectivity index (χ3n) is 4.48. The standard InChI is InChI=1S/C13H23NO3/c1-11(2)15-9-10(16-11)13(4)7-8(14-5)6-12(9,3)17-13/h8-10,14H,6-7H2,1-5H3/t8?,9-,10+,12+,13-. The maximum Gasteiger partial charge on any atom is 0.164 e. The summed E-state index contributed by atoms with van der Waals surface area (Å²) in [6.45, 7) is 8.29. The van der Waals surface area contributed by atoms with Crippen molar-refractivity contribution in [2.45, 2.75) is 75.8 Å². The third-order valence-corrected chi connectivity index (χ3v) is 4.48. The monoisotopic (exact) mass is 241 g/mol. The molecule has 0 saturated carbocycles. The molecule has 17 heavy (non-hydrogen) atoms. The normalized spacial score (nSPS) is 55.9. The lowest BCUT2D eigenvalue weighted by Gasteiger charge is -2.43. The minimum absolute atomic E-state index is 0.0563. The molecule has 0 aromatic heterocycles. The zero-order valence-electron chi connectivity index (χ0n) is 11.4. The van der Waals surface area contributed by atoms with E-state index in [1.165, 1.54) is 0 Å². The molecule has 0 aromatic rings. The molecular formula is C13H23NO3. The number of ether oxygens (including phenoxy) is 3. The Labute approximate surface area is 103 Å². The maximum atomic E-state index is 6.27. The Balaban J connectivity index is 1.95. The van der Waals surface area contributed by atoms with Crippen LogP contribution in [0.5, 0.6) is 0 Å². The van der Waals surface area contributed by atoms with Gasteiger partial charge >= 0.3 is 0 Å². The van der Waals surface area contributed by atoms with Crippen molar-refractivity contribution in [3.05, 3.63) is 0 Å². The molecule has 3 fully saturated rings. The van der Waals surface area contributed by atoms with Crippen LogP contribution < -0.4 is 5.32 Å². The fourth-order valence-corrected chi connectivity index (χ4v) is 3.87. The van der Waals surface area contributed by atoms with Crippen molar-refractivity contribution in [3.8, 4) is 0 Å². The number of hydrogen-bond acceptors (Lipinski definition) is 4. The predicted molar refractivity (Wildman–Crippen MR) is 63.8 cm³/mol. The minimum Gasteiger partial charge on any atom is -0.363 e. The van der Waals surface area contributed by atoms with Crippen LogP contribution in [0.25, 0.3) is 0 Å². The highest BCUT2D eigenvalue weighted by molar-refractivity contribution is 5.15. The van der Waals surface area contributed by atoms with Crippen LogP contribution in [0.15, 0.2) is 0 Å². The molecule has 0 aromatic carbocycles. The average Bonchev–Trinajstić information content (AvgIpc) is 2.60. The van der Waals surface area contributed by atoms with Gasteiger partial charge in [-0.2, -0.15) is 0 Å². The van der Waals surface area contributed by atoms with Gasteiger partial charge in [-0.25, -0.2) is 0 Å². The van der Waals surface area contributed by atoms with Crippen LogP contribution in [-0.2, 0) is 14.2 Å². The highest BCUT2D eigenvalue weighted by Crippen LogP contribution is 2.55. The van der Waals surface area contributed by atoms with Crippen LogP contribution in [0, 0.1) is 0 Å². The first-order chi connectivity index (χ1) is 7.78. The summed E-state index contributed by atoms with van der Waals surface area (Å²) in [5.41, 5.74) is -0.446. The SMILES string of the molecule is CNC1C[C@@]2(C)O[C@@](C)(C1)[C@@H]1OC(C)(C)O[C@@H]12. The van der Waals surface area contributed by atoms with E-state index < -0.39 is 5.79 Å². The van der Waals surface area contributed by atoms with Gasteiger partial charge < -0.3 is 19.5 Å². The van der Waals surface area contributed by atoms with E-state index in [2.05, 4.69) is 19.2 Å². The average molecular weight is 241 g/mol. The van der Waals surface area contributed by atoms with E-state index in [9.17, 15) is 0 Å². The van der Waals surface area contributed by atoms with Crippen molar-refractivity contribution < 1.29 is 14.2 Å². The molecule has 3 aliphatic heterocycles. The molecular weight excluding hydrogens is 218 g/mol. The summed E-state index contributed by atoms with van der Waals surface area (Å²) in [5, 5.41) is 3.37. The second-order valence-electron chi connectivity index (χ2n) is 6.60. The topological polar surface area (TPSA) is 39.7 Å². The maximum absolute atomic E-state index is 6.27. The predicted octanol–water partition coefficient (Wildman–Crippen LogP) is 1.44. The highest BCUT2D eigenvalue weighted by Gasteiger charge is 2.68. The lowest BCUT2D eigenvalue weighted by atomic mass is 9.90.